The van der Waals surface area contributed by atoms with E-state index >= 15 is 0 Å². The summed E-state index contributed by atoms with van der Waals surface area (Å²) in [6, 6.07) is 4.70. The van der Waals surface area contributed by atoms with Crippen molar-refractivity contribution in [2.75, 3.05) is 18.8 Å². The number of nitrogens with one attached hydrogen (secondary N) is 1. The third-order valence-electron chi connectivity index (χ3n) is 2.75. The molecule has 102 valence electrons. The SMILES string of the molecule is N=C1SCCN1CC(Cl)c1cc(Br)cc([N+](=O)[O-])c1. The monoisotopic (exact) mass is 363 g/mol. The highest BCUT2D eigenvalue weighted by Gasteiger charge is 2.22. The molecular formula is C11H11BrClN3O2S. The largest absolute Gasteiger partial charge is 0.349 e. The molecule has 1 aromatic rings. The van der Waals surface area contributed by atoms with Gasteiger partial charge in [0.15, 0.2) is 5.17 Å². The molecule has 0 aliphatic carbocycles. The van der Waals surface area contributed by atoms with Crippen LogP contribution in [-0.2, 0) is 0 Å². The molecule has 0 radical (unpaired) electrons. The molecule has 1 saturated heterocycles. The fraction of sp³-hybridized carbons (Fsp3) is 0.364. The van der Waals surface area contributed by atoms with Crippen LogP contribution in [0.25, 0.3) is 0 Å². The van der Waals surface area contributed by atoms with Crippen molar-refractivity contribution < 1.29 is 4.92 Å². The maximum Gasteiger partial charge on any atom is 0.270 e. The average molecular weight is 365 g/mol. The zero-order valence-corrected chi connectivity index (χ0v) is 13.0. The fourth-order valence-corrected chi connectivity index (χ4v) is 3.45. The second-order valence-electron chi connectivity index (χ2n) is 4.07. The standard InChI is InChI=1S/C11H11BrClN3O2S/c12-8-3-7(4-9(5-8)16(17)18)10(13)6-15-1-2-19-11(15)14/h3-5,10,14H,1-2,6H2. The second-order valence-corrected chi connectivity index (χ2v) is 6.59. The first-order valence-electron chi connectivity index (χ1n) is 5.52. The van der Waals surface area contributed by atoms with Crippen molar-refractivity contribution in [3.8, 4) is 0 Å². The molecule has 1 heterocycles. The third-order valence-corrected chi connectivity index (χ3v) is 4.51. The minimum absolute atomic E-state index is 0.0147. The van der Waals surface area contributed by atoms with Crippen LogP contribution in [0.3, 0.4) is 0 Å². The number of amidine groups is 1. The van der Waals surface area contributed by atoms with Crippen molar-refractivity contribution in [3.63, 3.8) is 0 Å². The summed E-state index contributed by atoms with van der Waals surface area (Å²) in [6.45, 7) is 1.28. The Morgan fingerprint density at radius 2 is 2.32 bits per heavy atom. The zero-order chi connectivity index (χ0) is 14.0. The van der Waals surface area contributed by atoms with Crippen LogP contribution in [0.5, 0.6) is 0 Å². The van der Waals surface area contributed by atoms with Crippen molar-refractivity contribution >= 4 is 50.1 Å². The molecule has 1 atom stereocenters. The molecule has 1 aromatic carbocycles. The Balaban J connectivity index is 2.16. The summed E-state index contributed by atoms with van der Waals surface area (Å²) in [7, 11) is 0. The Kier molecular flexibility index (Phi) is 4.70. The molecule has 1 aliphatic heterocycles. The molecule has 1 fully saturated rings. The minimum atomic E-state index is -0.439. The summed E-state index contributed by atoms with van der Waals surface area (Å²) >= 11 is 11.0. The van der Waals surface area contributed by atoms with Gasteiger partial charge in [-0.25, -0.2) is 0 Å². The summed E-state index contributed by atoms with van der Waals surface area (Å²) in [6.07, 6.45) is 0. The van der Waals surface area contributed by atoms with Gasteiger partial charge in [0.05, 0.1) is 10.3 Å². The summed E-state index contributed by atoms with van der Waals surface area (Å²) in [4.78, 5) is 12.3. The van der Waals surface area contributed by atoms with Gasteiger partial charge >= 0.3 is 0 Å². The third kappa shape index (κ3) is 3.61. The Bertz CT molecular complexity index is 529. The topological polar surface area (TPSA) is 70.2 Å². The molecule has 8 heteroatoms. The van der Waals surface area contributed by atoms with Crippen molar-refractivity contribution in [1.82, 2.24) is 4.90 Å². The zero-order valence-electron chi connectivity index (χ0n) is 9.81. The average Bonchev–Trinajstić information content (AvgIpc) is 2.74. The van der Waals surface area contributed by atoms with Gasteiger partial charge in [-0.05, 0) is 11.6 Å². The van der Waals surface area contributed by atoms with E-state index in [1.807, 2.05) is 4.90 Å². The van der Waals surface area contributed by atoms with Crippen LogP contribution in [0.15, 0.2) is 22.7 Å². The number of rotatable bonds is 4. The van der Waals surface area contributed by atoms with Gasteiger partial charge in [-0.2, -0.15) is 0 Å². The number of nitrogens with zero attached hydrogens (tertiary/aromatic N) is 2. The van der Waals surface area contributed by atoms with Crippen LogP contribution >= 0.6 is 39.3 Å². The fourth-order valence-electron chi connectivity index (χ4n) is 1.80. The summed E-state index contributed by atoms with van der Waals surface area (Å²) < 4.78 is 0.633. The number of hydrogen-bond donors (Lipinski definition) is 1. The highest BCUT2D eigenvalue weighted by atomic mass is 79.9. The quantitative estimate of drug-likeness (QED) is 0.503. The van der Waals surface area contributed by atoms with E-state index < -0.39 is 4.92 Å². The van der Waals surface area contributed by atoms with E-state index in [1.54, 1.807) is 6.07 Å². The number of nitro groups is 1. The molecular weight excluding hydrogens is 354 g/mol. The van der Waals surface area contributed by atoms with Gasteiger partial charge < -0.3 is 4.90 Å². The van der Waals surface area contributed by atoms with Gasteiger partial charge in [-0.15, -0.1) is 11.6 Å². The van der Waals surface area contributed by atoms with Crippen molar-refractivity contribution in [3.05, 3.63) is 38.3 Å². The molecule has 0 amide bonds. The van der Waals surface area contributed by atoms with Gasteiger partial charge in [-0.1, -0.05) is 27.7 Å². The number of nitro benzene ring substituents is 1. The summed E-state index contributed by atoms with van der Waals surface area (Å²) in [5, 5.41) is 18.7. The van der Waals surface area contributed by atoms with Crippen LogP contribution in [-0.4, -0.2) is 33.8 Å². The lowest BCUT2D eigenvalue weighted by Crippen LogP contribution is -2.27. The lowest BCUT2D eigenvalue weighted by atomic mass is 10.1. The minimum Gasteiger partial charge on any atom is -0.349 e. The van der Waals surface area contributed by atoms with Crippen LogP contribution in [0.2, 0.25) is 0 Å². The Morgan fingerprint density at radius 1 is 1.58 bits per heavy atom. The number of halogens is 2. The van der Waals surface area contributed by atoms with E-state index in [-0.39, 0.29) is 11.1 Å². The number of thioether (sulfide) groups is 1. The van der Waals surface area contributed by atoms with Crippen molar-refractivity contribution in [2.45, 2.75) is 5.38 Å². The molecule has 0 saturated carbocycles. The molecule has 0 aromatic heterocycles. The van der Waals surface area contributed by atoms with E-state index in [9.17, 15) is 10.1 Å². The number of hydrogen-bond acceptors (Lipinski definition) is 4. The van der Waals surface area contributed by atoms with Gasteiger partial charge in [0.25, 0.3) is 5.69 Å². The molecule has 0 spiro atoms. The van der Waals surface area contributed by atoms with Crippen LogP contribution < -0.4 is 0 Å². The van der Waals surface area contributed by atoms with Crippen LogP contribution in [0.4, 0.5) is 5.69 Å². The van der Waals surface area contributed by atoms with Crippen molar-refractivity contribution in [2.24, 2.45) is 0 Å². The molecule has 1 N–H and O–H groups in total. The van der Waals surface area contributed by atoms with Crippen LogP contribution in [0.1, 0.15) is 10.9 Å². The number of benzene rings is 1. The number of alkyl halides is 1. The highest BCUT2D eigenvalue weighted by Crippen LogP contribution is 2.30. The normalized spacial score (nSPS) is 16.7. The smallest absolute Gasteiger partial charge is 0.270 e. The Morgan fingerprint density at radius 3 is 2.89 bits per heavy atom. The predicted octanol–water partition coefficient (Wildman–Crippen LogP) is 3.62. The molecule has 2 rings (SSSR count). The number of non-ortho nitro benzene ring substituents is 1. The van der Waals surface area contributed by atoms with Crippen molar-refractivity contribution in [1.29, 1.82) is 5.41 Å². The van der Waals surface area contributed by atoms with E-state index in [1.165, 1.54) is 23.9 Å². The lowest BCUT2D eigenvalue weighted by Gasteiger charge is -2.20. The summed E-state index contributed by atoms with van der Waals surface area (Å²) in [5.74, 6) is 0.890. The Labute approximate surface area is 128 Å². The predicted molar refractivity (Wildman–Crippen MR) is 81.1 cm³/mol. The Hall–Kier alpha value is -0.790. The van der Waals surface area contributed by atoms with Gasteiger partial charge in [0.2, 0.25) is 0 Å². The van der Waals surface area contributed by atoms with E-state index in [0.717, 1.165) is 12.3 Å². The molecule has 5 nitrogen and oxygen atoms in total. The molecule has 1 unspecified atom stereocenters. The molecule has 0 bridgehead atoms. The second kappa shape index (κ2) is 6.11. The lowest BCUT2D eigenvalue weighted by molar-refractivity contribution is -0.385. The van der Waals surface area contributed by atoms with E-state index in [2.05, 4.69) is 15.9 Å². The van der Waals surface area contributed by atoms with Gasteiger partial charge in [0.1, 0.15) is 0 Å². The first-order chi connectivity index (χ1) is 8.97. The first kappa shape index (κ1) is 14.6. The van der Waals surface area contributed by atoms with E-state index in [4.69, 9.17) is 17.0 Å². The van der Waals surface area contributed by atoms with E-state index in [0.29, 0.717) is 21.7 Å². The maximum atomic E-state index is 10.8. The first-order valence-corrected chi connectivity index (χ1v) is 7.74. The summed E-state index contributed by atoms with van der Waals surface area (Å²) in [5.41, 5.74) is 0.702. The maximum absolute atomic E-state index is 10.8. The molecule has 1 aliphatic rings. The van der Waals surface area contributed by atoms with Gasteiger partial charge in [0, 0.05) is 35.4 Å². The van der Waals surface area contributed by atoms with Gasteiger partial charge in [-0.3, -0.25) is 15.5 Å². The highest BCUT2D eigenvalue weighted by molar-refractivity contribution is 9.10. The molecule has 19 heavy (non-hydrogen) atoms. The van der Waals surface area contributed by atoms with Crippen LogP contribution in [0, 0.1) is 15.5 Å².